The van der Waals surface area contributed by atoms with E-state index in [9.17, 15) is 27.2 Å². The van der Waals surface area contributed by atoms with E-state index in [0.717, 1.165) is 0 Å². The number of halogens is 4. The van der Waals surface area contributed by atoms with Crippen molar-refractivity contribution in [3.05, 3.63) is 63.2 Å². The molecule has 10 heteroatoms. The molecule has 0 bridgehead atoms. The molecule has 1 aromatic carbocycles. The van der Waals surface area contributed by atoms with E-state index in [-0.39, 0.29) is 17.7 Å². The molecule has 2 rings (SSSR count). The normalized spacial score (nSPS) is 11.0. The van der Waals surface area contributed by atoms with Crippen molar-refractivity contribution in [2.45, 2.75) is 17.8 Å². The summed E-state index contributed by atoms with van der Waals surface area (Å²) < 4.78 is 56.6. The Kier molecular flexibility index (Phi) is 6.05. The first-order valence-corrected chi connectivity index (χ1v) is 7.96. The third-order valence-electron chi connectivity index (χ3n) is 3.05. The third kappa shape index (κ3) is 5.10. The number of esters is 1. The summed E-state index contributed by atoms with van der Waals surface area (Å²) in [5, 5.41) is 8.58. The van der Waals surface area contributed by atoms with Gasteiger partial charge in [0, 0.05) is 6.07 Å². The van der Waals surface area contributed by atoms with E-state index in [0.29, 0.717) is 17.3 Å². The summed E-state index contributed by atoms with van der Waals surface area (Å²) in [6.07, 6.45) is -4.88. The number of ether oxygens (including phenoxy) is 1. The molecular formula is C16H10F4N2O3S. The minimum atomic E-state index is -4.88. The number of carbonyl (C=O) groups excluding carboxylic acids is 1. The van der Waals surface area contributed by atoms with Gasteiger partial charge in [0.2, 0.25) is 5.56 Å². The Morgan fingerprint density at radius 2 is 2.04 bits per heavy atom. The molecule has 0 unspecified atom stereocenters. The van der Waals surface area contributed by atoms with Gasteiger partial charge >= 0.3 is 12.1 Å². The second-order valence-corrected chi connectivity index (χ2v) is 5.93. The maximum absolute atomic E-state index is 13.0. The van der Waals surface area contributed by atoms with Crippen molar-refractivity contribution in [2.75, 3.05) is 5.75 Å². The van der Waals surface area contributed by atoms with Crippen LogP contribution in [-0.4, -0.2) is 16.7 Å². The van der Waals surface area contributed by atoms with Crippen LogP contribution in [0.2, 0.25) is 0 Å². The van der Waals surface area contributed by atoms with Crippen LogP contribution in [0.4, 0.5) is 17.6 Å². The first-order chi connectivity index (χ1) is 12.2. The fourth-order valence-electron chi connectivity index (χ4n) is 1.94. The number of aromatic amines is 1. The first-order valence-electron chi connectivity index (χ1n) is 6.98. The van der Waals surface area contributed by atoms with Crippen LogP contribution in [0.1, 0.15) is 16.7 Å². The zero-order chi connectivity index (χ0) is 19.3. The number of hydrogen-bond acceptors (Lipinski definition) is 5. The molecule has 0 spiro atoms. The van der Waals surface area contributed by atoms with Gasteiger partial charge in [0.05, 0.1) is 21.9 Å². The Bertz CT molecular complexity index is 919. The van der Waals surface area contributed by atoms with Crippen LogP contribution in [0.25, 0.3) is 0 Å². The quantitative estimate of drug-likeness (QED) is 0.485. The molecule has 2 aromatic rings. The molecule has 0 saturated carbocycles. The van der Waals surface area contributed by atoms with Crippen molar-refractivity contribution in [1.29, 1.82) is 5.26 Å². The van der Waals surface area contributed by atoms with Gasteiger partial charge < -0.3 is 9.72 Å². The lowest BCUT2D eigenvalue weighted by atomic mass is 10.1. The molecule has 5 nitrogen and oxygen atoms in total. The van der Waals surface area contributed by atoms with Crippen molar-refractivity contribution >= 4 is 17.7 Å². The number of aromatic nitrogens is 1. The number of pyridine rings is 1. The van der Waals surface area contributed by atoms with Crippen LogP contribution in [0, 0.1) is 17.1 Å². The van der Waals surface area contributed by atoms with E-state index in [2.05, 4.69) is 4.98 Å². The van der Waals surface area contributed by atoms with Crippen LogP contribution in [-0.2, 0) is 22.3 Å². The molecular weight excluding hydrogens is 376 g/mol. The Morgan fingerprint density at radius 3 is 2.65 bits per heavy atom. The van der Waals surface area contributed by atoms with Crippen molar-refractivity contribution in [3.8, 4) is 6.07 Å². The molecule has 0 fully saturated rings. The molecule has 0 aliphatic heterocycles. The molecule has 0 amide bonds. The molecule has 1 heterocycles. The average Bonchev–Trinajstić information content (AvgIpc) is 2.57. The van der Waals surface area contributed by atoms with Crippen LogP contribution in [0.15, 0.2) is 40.2 Å². The number of thioether (sulfide) groups is 1. The number of alkyl halides is 3. The summed E-state index contributed by atoms with van der Waals surface area (Å²) in [6, 6.07) is 7.01. The van der Waals surface area contributed by atoms with E-state index in [4.69, 9.17) is 10.00 Å². The summed E-state index contributed by atoms with van der Waals surface area (Å²) in [4.78, 5) is 25.2. The predicted molar refractivity (Wildman–Crippen MR) is 83.7 cm³/mol. The Balaban J connectivity index is 2.07. The van der Waals surface area contributed by atoms with Crippen LogP contribution >= 0.6 is 11.8 Å². The largest absolute Gasteiger partial charge is 0.460 e. The fourth-order valence-corrected chi connectivity index (χ4v) is 2.76. The van der Waals surface area contributed by atoms with Gasteiger partial charge in [-0.15, -0.1) is 0 Å². The highest BCUT2D eigenvalue weighted by Crippen LogP contribution is 2.34. The highest BCUT2D eigenvalue weighted by molar-refractivity contribution is 7.99. The lowest BCUT2D eigenvalue weighted by Gasteiger charge is -2.11. The molecule has 0 saturated heterocycles. The van der Waals surface area contributed by atoms with Gasteiger partial charge in [-0.2, -0.15) is 18.4 Å². The fraction of sp³-hybridized carbons (Fsp3) is 0.188. The Hall–Kier alpha value is -2.80. The van der Waals surface area contributed by atoms with Crippen molar-refractivity contribution in [3.63, 3.8) is 0 Å². The van der Waals surface area contributed by atoms with E-state index in [1.54, 1.807) is 0 Å². The van der Waals surface area contributed by atoms with Gasteiger partial charge in [-0.3, -0.25) is 9.59 Å². The van der Waals surface area contributed by atoms with Gasteiger partial charge in [-0.1, -0.05) is 23.9 Å². The Morgan fingerprint density at radius 1 is 1.31 bits per heavy atom. The number of rotatable bonds is 5. The van der Waals surface area contributed by atoms with Gasteiger partial charge in [0.25, 0.3) is 0 Å². The van der Waals surface area contributed by atoms with Gasteiger partial charge in [0.15, 0.2) is 0 Å². The van der Waals surface area contributed by atoms with Crippen molar-refractivity contribution in [1.82, 2.24) is 4.98 Å². The summed E-state index contributed by atoms with van der Waals surface area (Å²) in [5.41, 5.74) is -2.81. The molecule has 0 radical (unpaired) electrons. The summed E-state index contributed by atoms with van der Waals surface area (Å²) in [7, 11) is 0. The zero-order valence-corrected chi connectivity index (χ0v) is 13.7. The topological polar surface area (TPSA) is 83.0 Å². The standard InChI is InChI=1S/C16H10F4N2O3S/c17-10-3-1-2-9(4-10)7-25-14(24)8-26-15-11(6-21)12(16(18,19)20)5-13(23)22-15/h1-5H,7-8H2,(H,22,23). The second kappa shape index (κ2) is 8.05. The molecule has 136 valence electrons. The maximum Gasteiger partial charge on any atom is 0.417 e. The van der Waals surface area contributed by atoms with Crippen molar-refractivity contribution in [2.24, 2.45) is 0 Å². The number of nitrogens with one attached hydrogen (secondary N) is 1. The SMILES string of the molecule is N#Cc1c(C(F)(F)F)cc(=O)[nH]c1SCC(=O)OCc1cccc(F)c1. The molecule has 0 atom stereocenters. The summed E-state index contributed by atoms with van der Waals surface area (Å²) in [5.74, 6) is -1.75. The number of H-pyrrole nitrogens is 1. The number of hydrogen-bond donors (Lipinski definition) is 1. The van der Waals surface area contributed by atoms with E-state index >= 15 is 0 Å². The number of nitrogens with zero attached hydrogens (tertiary/aromatic N) is 1. The summed E-state index contributed by atoms with van der Waals surface area (Å²) >= 11 is 0.536. The smallest absolute Gasteiger partial charge is 0.417 e. The van der Waals surface area contributed by atoms with Crippen LogP contribution < -0.4 is 5.56 Å². The molecule has 0 aliphatic carbocycles. The molecule has 0 aliphatic rings. The van der Waals surface area contributed by atoms with Gasteiger partial charge in [0.1, 0.15) is 18.5 Å². The Labute approximate surface area is 148 Å². The van der Waals surface area contributed by atoms with E-state index in [1.807, 2.05) is 0 Å². The second-order valence-electron chi connectivity index (χ2n) is 4.94. The van der Waals surface area contributed by atoms with Gasteiger partial charge in [-0.05, 0) is 17.7 Å². The lowest BCUT2D eigenvalue weighted by Crippen LogP contribution is -2.17. The first kappa shape index (κ1) is 19.5. The monoisotopic (exact) mass is 386 g/mol. The van der Waals surface area contributed by atoms with E-state index < -0.39 is 40.4 Å². The summed E-state index contributed by atoms with van der Waals surface area (Å²) in [6.45, 7) is -0.221. The lowest BCUT2D eigenvalue weighted by molar-refractivity contribution is -0.141. The average molecular weight is 386 g/mol. The minimum absolute atomic E-state index is 0.221. The van der Waals surface area contributed by atoms with E-state index in [1.165, 1.54) is 30.3 Å². The molecule has 26 heavy (non-hydrogen) atoms. The number of benzene rings is 1. The van der Waals surface area contributed by atoms with Crippen LogP contribution in [0.3, 0.4) is 0 Å². The van der Waals surface area contributed by atoms with Crippen LogP contribution in [0.5, 0.6) is 0 Å². The van der Waals surface area contributed by atoms with Crippen molar-refractivity contribution < 1.29 is 27.1 Å². The predicted octanol–water partition coefficient (Wildman–Crippen LogP) is 3.24. The highest BCUT2D eigenvalue weighted by Gasteiger charge is 2.35. The maximum atomic E-state index is 13.0. The highest BCUT2D eigenvalue weighted by atomic mass is 32.2. The molecule has 1 N–H and O–H groups in total. The zero-order valence-electron chi connectivity index (χ0n) is 12.9. The third-order valence-corrected chi connectivity index (χ3v) is 4.02. The number of nitriles is 1. The minimum Gasteiger partial charge on any atom is -0.460 e. The van der Waals surface area contributed by atoms with Gasteiger partial charge in [-0.25, -0.2) is 4.39 Å². The molecule has 1 aromatic heterocycles. The number of carbonyl (C=O) groups is 1.